The number of aromatic nitrogens is 1. The molecule has 0 unspecified atom stereocenters. The molecule has 1 fully saturated rings. The number of methoxy groups -OCH3 is 1. The molecule has 42 heavy (non-hydrogen) atoms. The van der Waals surface area contributed by atoms with E-state index >= 15 is 0 Å². The van der Waals surface area contributed by atoms with E-state index in [0.717, 1.165) is 44.5 Å². The molecule has 12 heteroatoms. The van der Waals surface area contributed by atoms with Gasteiger partial charge in [0.05, 0.1) is 24.9 Å². The zero-order valence-electron chi connectivity index (χ0n) is 24.5. The maximum Gasteiger partial charge on any atom is 0.263 e. The van der Waals surface area contributed by atoms with Gasteiger partial charge in [0.25, 0.3) is 10.0 Å². The number of fused-ring (bicyclic) bond motifs is 1. The largest absolute Gasteiger partial charge is 0.493 e. The zero-order valence-corrected chi connectivity index (χ0v) is 25.3. The summed E-state index contributed by atoms with van der Waals surface area (Å²) in [6.07, 6.45) is 5.12. The standard InChI is InChI=1S/C30H40N6O5S/c1-5-25(22-36(31)6-2)42(37,38)33-23-9-7-10-24(19-23)41-28-11-12-32-27-21-30(29(39-4)20-26(27)28)40-18-8-13-35-16-14-34(3)15-17-35/h5,7,9-12,19-22,33H,1,6,8,13-18,31H2,2-4H3/b25-22+. The molecule has 1 aliphatic rings. The van der Waals surface area contributed by atoms with Crippen molar-refractivity contribution < 1.29 is 22.6 Å². The molecule has 2 heterocycles. The number of rotatable bonds is 14. The average Bonchev–Trinajstić information content (AvgIpc) is 2.98. The highest BCUT2D eigenvalue weighted by Gasteiger charge is 2.18. The lowest BCUT2D eigenvalue weighted by atomic mass is 10.1. The number of hydrogen-bond acceptors (Lipinski definition) is 10. The fourth-order valence-electron chi connectivity index (χ4n) is 4.48. The van der Waals surface area contributed by atoms with Crippen molar-refractivity contribution in [3.8, 4) is 23.0 Å². The van der Waals surface area contributed by atoms with Gasteiger partial charge in [-0.25, -0.2) is 14.3 Å². The third-order valence-electron chi connectivity index (χ3n) is 6.94. The lowest BCUT2D eigenvalue weighted by molar-refractivity contribution is 0.145. The monoisotopic (exact) mass is 596 g/mol. The first-order valence-electron chi connectivity index (χ1n) is 13.9. The van der Waals surface area contributed by atoms with Crippen LogP contribution >= 0.6 is 0 Å². The van der Waals surface area contributed by atoms with Crippen LogP contribution in [0.5, 0.6) is 23.0 Å². The van der Waals surface area contributed by atoms with Gasteiger partial charge in [-0.05, 0) is 50.7 Å². The molecular weight excluding hydrogens is 556 g/mol. The van der Waals surface area contributed by atoms with E-state index in [-0.39, 0.29) is 4.91 Å². The molecule has 2 aromatic carbocycles. The Labute approximate surface area is 248 Å². The van der Waals surface area contributed by atoms with Gasteiger partial charge in [0.15, 0.2) is 11.5 Å². The predicted octanol–water partition coefficient (Wildman–Crippen LogP) is 4.02. The molecule has 0 atom stereocenters. The molecule has 1 aromatic heterocycles. The smallest absolute Gasteiger partial charge is 0.263 e. The minimum atomic E-state index is -3.92. The molecule has 1 saturated heterocycles. The summed E-state index contributed by atoms with van der Waals surface area (Å²) in [5.74, 6) is 7.92. The van der Waals surface area contributed by atoms with E-state index in [4.69, 9.17) is 20.1 Å². The Morgan fingerprint density at radius 3 is 2.64 bits per heavy atom. The summed E-state index contributed by atoms with van der Waals surface area (Å²) in [7, 11) is -0.165. The quantitative estimate of drug-likeness (QED) is 0.122. The van der Waals surface area contributed by atoms with Crippen LogP contribution in [0.25, 0.3) is 10.9 Å². The molecule has 11 nitrogen and oxygen atoms in total. The third-order valence-corrected chi connectivity index (χ3v) is 8.34. The summed E-state index contributed by atoms with van der Waals surface area (Å²) in [5.41, 5.74) is 1.01. The van der Waals surface area contributed by atoms with Gasteiger partial charge >= 0.3 is 0 Å². The van der Waals surface area contributed by atoms with Crippen LogP contribution in [0.2, 0.25) is 0 Å². The number of nitrogens with one attached hydrogen (secondary N) is 1. The van der Waals surface area contributed by atoms with Gasteiger partial charge in [-0.3, -0.25) is 9.71 Å². The Morgan fingerprint density at radius 1 is 1.14 bits per heavy atom. The number of ether oxygens (including phenoxy) is 3. The molecule has 0 aliphatic carbocycles. The van der Waals surface area contributed by atoms with Crippen molar-refractivity contribution in [2.75, 3.05) is 64.8 Å². The van der Waals surface area contributed by atoms with Crippen molar-refractivity contribution in [2.24, 2.45) is 5.84 Å². The minimum Gasteiger partial charge on any atom is -0.493 e. The van der Waals surface area contributed by atoms with Crippen molar-refractivity contribution in [1.82, 2.24) is 19.8 Å². The van der Waals surface area contributed by atoms with Crippen LogP contribution in [-0.2, 0) is 10.0 Å². The van der Waals surface area contributed by atoms with Gasteiger partial charge in [-0.2, -0.15) is 0 Å². The Kier molecular flexibility index (Phi) is 10.6. The highest BCUT2D eigenvalue weighted by atomic mass is 32.2. The second-order valence-corrected chi connectivity index (χ2v) is 11.7. The number of nitrogens with two attached hydrogens (primary N) is 1. The fourth-order valence-corrected chi connectivity index (χ4v) is 5.53. The van der Waals surface area contributed by atoms with Gasteiger partial charge in [0.2, 0.25) is 0 Å². The number of anilines is 1. The number of allylic oxidation sites excluding steroid dienone is 1. The first-order valence-corrected chi connectivity index (χ1v) is 15.4. The Bertz CT molecular complexity index is 1510. The van der Waals surface area contributed by atoms with E-state index in [1.165, 1.54) is 17.3 Å². The molecule has 3 aromatic rings. The summed E-state index contributed by atoms with van der Waals surface area (Å²) in [6, 6.07) is 12.1. The molecule has 0 spiro atoms. The van der Waals surface area contributed by atoms with Crippen LogP contribution in [0.3, 0.4) is 0 Å². The summed E-state index contributed by atoms with van der Waals surface area (Å²) in [6.45, 7) is 11.7. The Hall–Kier alpha value is -3.84. The predicted molar refractivity (Wildman–Crippen MR) is 166 cm³/mol. The molecule has 0 bridgehead atoms. The molecule has 4 rings (SSSR count). The van der Waals surface area contributed by atoms with Crippen LogP contribution in [0.15, 0.2) is 72.4 Å². The number of benzene rings is 2. The summed E-state index contributed by atoms with van der Waals surface area (Å²) >= 11 is 0. The van der Waals surface area contributed by atoms with Gasteiger partial charge < -0.3 is 29.0 Å². The normalized spacial score (nSPS) is 14.9. The van der Waals surface area contributed by atoms with Gasteiger partial charge in [0, 0.05) is 69.2 Å². The Balaban J connectivity index is 1.47. The van der Waals surface area contributed by atoms with E-state index in [9.17, 15) is 8.42 Å². The highest BCUT2D eigenvalue weighted by molar-refractivity contribution is 7.96. The molecule has 1 aliphatic heterocycles. The van der Waals surface area contributed by atoms with Crippen LogP contribution < -0.4 is 24.8 Å². The second-order valence-electron chi connectivity index (χ2n) is 9.98. The molecule has 0 radical (unpaired) electrons. The number of sulfonamides is 1. The zero-order chi connectivity index (χ0) is 30.1. The third kappa shape index (κ3) is 8.13. The van der Waals surface area contributed by atoms with Crippen LogP contribution in [0, 0.1) is 0 Å². The minimum absolute atomic E-state index is 0.0530. The van der Waals surface area contributed by atoms with E-state index in [1.807, 2.05) is 12.1 Å². The van der Waals surface area contributed by atoms with E-state index in [0.29, 0.717) is 47.4 Å². The van der Waals surface area contributed by atoms with Crippen LogP contribution in [-0.4, -0.2) is 88.2 Å². The highest BCUT2D eigenvalue weighted by Crippen LogP contribution is 2.37. The molecule has 3 N–H and O–H groups in total. The van der Waals surface area contributed by atoms with E-state index in [1.54, 1.807) is 50.6 Å². The maximum atomic E-state index is 12.9. The topological polar surface area (TPSA) is 122 Å². The van der Waals surface area contributed by atoms with Crippen LogP contribution in [0.4, 0.5) is 5.69 Å². The lowest BCUT2D eigenvalue weighted by Gasteiger charge is -2.32. The number of hydrogen-bond donors (Lipinski definition) is 2. The van der Waals surface area contributed by atoms with Crippen LogP contribution in [0.1, 0.15) is 13.3 Å². The molecule has 0 amide bonds. The average molecular weight is 597 g/mol. The van der Waals surface area contributed by atoms with Crippen molar-refractivity contribution in [1.29, 1.82) is 0 Å². The lowest BCUT2D eigenvalue weighted by Crippen LogP contribution is -2.44. The van der Waals surface area contributed by atoms with Crippen molar-refractivity contribution >= 4 is 26.6 Å². The van der Waals surface area contributed by atoms with Gasteiger partial charge in [0.1, 0.15) is 16.4 Å². The summed E-state index contributed by atoms with van der Waals surface area (Å²) in [4.78, 5) is 9.25. The summed E-state index contributed by atoms with van der Waals surface area (Å²) < 4.78 is 46.3. The number of pyridine rings is 1. The van der Waals surface area contributed by atoms with Crippen molar-refractivity contribution in [3.63, 3.8) is 0 Å². The molecular formula is C30H40N6O5S. The summed E-state index contributed by atoms with van der Waals surface area (Å²) in [5, 5.41) is 1.99. The first kappa shape index (κ1) is 31.1. The second kappa shape index (κ2) is 14.4. The van der Waals surface area contributed by atoms with E-state index < -0.39 is 10.0 Å². The first-order chi connectivity index (χ1) is 20.2. The van der Waals surface area contributed by atoms with Crippen molar-refractivity contribution in [2.45, 2.75) is 13.3 Å². The van der Waals surface area contributed by atoms with Crippen molar-refractivity contribution in [3.05, 3.63) is 72.4 Å². The number of hydrazine groups is 1. The fraction of sp³-hybridized carbons (Fsp3) is 0.367. The number of nitrogens with zero attached hydrogens (tertiary/aromatic N) is 4. The molecule has 0 saturated carbocycles. The van der Waals surface area contributed by atoms with Gasteiger partial charge in [-0.15, -0.1) is 0 Å². The SMILES string of the molecule is C=C/C(=C\N(N)CC)S(=O)(=O)Nc1cccc(Oc2ccnc3cc(OCCCN4CCN(C)CC4)c(OC)cc23)c1. The van der Waals surface area contributed by atoms with E-state index in [2.05, 4.69) is 33.1 Å². The maximum absolute atomic E-state index is 12.9. The number of piperazine rings is 1. The molecule has 226 valence electrons. The van der Waals surface area contributed by atoms with Gasteiger partial charge in [-0.1, -0.05) is 12.6 Å². The number of likely N-dealkylation sites (N-methyl/N-ethyl adjacent to an activating group) is 1. The Morgan fingerprint density at radius 2 is 1.93 bits per heavy atom.